The van der Waals surface area contributed by atoms with Gasteiger partial charge in [0.2, 0.25) is 10.0 Å². The molecule has 0 N–H and O–H groups in total. The quantitative estimate of drug-likeness (QED) is 0.713. The Kier molecular flexibility index (Phi) is 5.33. The van der Waals surface area contributed by atoms with Crippen molar-refractivity contribution in [3.63, 3.8) is 0 Å². The maximum Gasteiger partial charge on any atom is 0.258 e. The van der Waals surface area contributed by atoms with Crippen LogP contribution in [0, 0.1) is 0 Å². The van der Waals surface area contributed by atoms with Crippen LogP contribution >= 0.6 is 15.9 Å². The first-order valence-corrected chi connectivity index (χ1v) is 10.6. The maximum absolute atomic E-state index is 13.2. The molecule has 0 saturated heterocycles. The monoisotopic (exact) mass is 452 g/mol. The summed E-state index contributed by atoms with van der Waals surface area (Å²) in [7, 11) is 0.546. The van der Waals surface area contributed by atoms with Crippen LogP contribution in [0.3, 0.4) is 0 Å². The molecular formula is C19H21BrN2O4S. The molecule has 27 heavy (non-hydrogen) atoms. The molecule has 0 unspecified atom stereocenters. The van der Waals surface area contributed by atoms with E-state index >= 15 is 0 Å². The Balaban J connectivity index is 2.07. The summed E-state index contributed by atoms with van der Waals surface area (Å²) in [5, 5.41) is 0. The number of fused-ring (bicyclic) bond motifs is 1. The van der Waals surface area contributed by atoms with Crippen LogP contribution in [0.15, 0.2) is 45.8 Å². The molecule has 0 saturated carbocycles. The Morgan fingerprint density at radius 3 is 2.56 bits per heavy atom. The molecule has 0 bridgehead atoms. The van der Waals surface area contributed by atoms with E-state index in [4.69, 9.17) is 4.74 Å². The molecule has 1 aliphatic rings. The van der Waals surface area contributed by atoms with Crippen LogP contribution in [0.1, 0.15) is 22.8 Å². The normalized spacial score (nSPS) is 16.5. The van der Waals surface area contributed by atoms with Gasteiger partial charge in [0.05, 0.1) is 7.11 Å². The molecule has 0 radical (unpaired) electrons. The number of benzene rings is 2. The van der Waals surface area contributed by atoms with E-state index in [2.05, 4.69) is 15.9 Å². The average Bonchev–Trinajstić information content (AvgIpc) is 2.95. The first-order valence-electron chi connectivity index (χ1n) is 8.39. The van der Waals surface area contributed by atoms with Crippen LogP contribution in [0.25, 0.3) is 0 Å². The van der Waals surface area contributed by atoms with Gasteiger partial charge in [-0.1, -0.05) is 15.9 Å². The fourth-order valence-corrected chi connectivity index (χ4v) is 4.74. The third-order valence-electron chi connectivity index (χ3n) is 4.65. The highest BCUT2D eigenvalue weighted by Crippen LogP contribution is 2.36. The first kappa shape index (κ1) is 19.9. The van der Waals surface area contributed by atoms with E-state index in [1.807, 2.05) is 25.1 Å². The molecule has 2 aromatic rings. The van der Waals surface area contributed by atoms with E-state index in [0.29, 0.717) is 5.56 Å². The fourth-order valence-electron chi connectivity index (χ4n) is 3.26. The molecule has 1 amide bonds. The summed E-state index contributed by atoms with van der Waals surface area (Å²) in [5.74, 6) is -0.0273. The minimum atomic E-state index is -3.75. The van der Waals surface area contributed by atoms with Gasteiger partial charge in [0.15, 0.2) is 0 Å². The van der Waals surface area contributed by atoms with E-state index in [-0.39, 0.29) is 22.6 Å². The number of sulfonamides is 1. The topological polar surface area (TPSA) is 66.9 Å². The Bertz CT molecular complexity index is 1000. The van der Waals surface area contributed by atoms with Gasteiger partial charge in [-0.15, -0.1) is 0 Å². The van der Waals surface area contributed by atoms with Gasteiger partial charge >= 0.3 is 0 Å². The second-order valence-corrected chi connectivity index (χ2v) is 9.69. The lowest BCUT2D eigenvalue weighted by Crippen LogP contribution is -2.36. The molecular weight excluding hydrogens is 432 g/mol. The molecule has 0 fully saturated rings. The molecule has 2 aromatic carbocycles. The highest BCUT2D eigenvalue weighted by molar-refractivity contribution is 9.10. The number of carbonyl (C=O) groups excluding carboxylic acids is 1. The van der Waals surface area contributed by atoms with Gasteiger partial charge in [-0.25, -0.2) is 12.7 Å². The predicted octanol–water partition coefficient (Wildman–Crippen LogP) is 3.30. The number of ether oxygens (including phenoxy) is 1. The van der Waals surface area contributed by atoms with E-state index in [0.717, 1.165) is 26.4 Å². The summed E-state index contributed by atoms with van der Waals surface area (Å²) < 4.78 is 32.5. The molecule has 144 valence electrons. The van der Waals surface area contributed by atoms with Crippen molar-refractivity contribution >= 4 is 37.5 Å². The zero-order chi connectivity index (χ0) is 19.9. The Hall–Kier alpha value is -1.90. The van der Waals surface area contributed by atoms with Crippen LogP contribution < -0.4 is 9.64 Å². The van der Waals surface area contributed by atoms with Crippen molar-refractivity contribution < 1.29 is 17.9 Å². The zero-order valence-electron chi connectivity index (χ0n) is 15.6. The van der Waals surface area contributed by atoms with Crippen LogP contribution in [-0.2, 0) is 16.4 Å². The Morgan fingerprint density at radius 2 is 1.93 bits per heavy atom. The predicted molar refractivity (Wildman–Crippen MR) is 108 cm³/mol. The third-order valence-corrected chi connectivity index (χ3v) is 6.97. The van der Waals surface area contributed by atoms with Crippen molar-refractivity contribution in [3.05, 3.63) is 52.0 Å². The first-order chi connectivity index (χ1) is 12.7. The molecule has 1 heterocycles. The van der Waals surface area contributed by atoms with Crippen LogP contribution in [0.2, 0.25) is 0 Å². The average molecular weight is 453 g/mol. The Labute approximate surface area is 167 Å². The third kappa shape index (κ3) is 3.49. The van der Waals surface area contributed by atoms with Crippen molar-refractivity contribution in [2.24, 2.45) is 0 Å². The van der Waals surface area contributed by atoms with Crippen LogP contribution in [0.4, 0.5) is 5.69 Å². The van der Waals surface area contributed by atoms with Gasteiger partial charge in [-0.05, 0) is 55.3 Å². The van der Waals surface area contributed by atoms with E-state index in [9.17, 15) is 13.2 Å². The lowest BCUT2D eigenvalue weighted by molar-refractivity contribution is 0.0981. The number of carbonyl (C=O) groups is 1. The standard InChI is InChI=1S/C19H21BrN2O4S/c1-12-9-14-10-15(20)6-7-16(14)22(12)19(23)13-5-8-17(26-4)18(11-13)27(24,25)21(2)3/h5-8,10-12H,9H2,1-4H3/t12-/m1/s1. The van der Waals surface area contributed by atoms with Gasteiger partial charge in [-0.3, -0.25) is 4.79 Å². The van der Waals surface area contributed by atoms with Crippen molar-refractivity contribution in [1.29, 1.82) is 0 Å². The van der Waals surface area contributed by atoms with E-state index in [1.165, 1.54) is 33.3 Å². The Morgan fingerprint density at radius 1 is 1.22 bits per heavy atom. The molecule has 1 atom stereocenters. The minimum Gasteiger partial charge on any atom is -0.495 e. The summed E-state index contributed by atoms with van der Waals surface area (Å²) in [5.41, 5.74) is 2.24. The zero-order valence-corrected chi connectivity index (χ0v) is 18.0. The number of methoxy groups -OCH3 is 1. The van der Waals surface area contributed by atoms with Crippen molar-refractivity contribution in [2.45, 2.75) is 24.3 Å². The maximum atomic E-state index is 13.2. The van der Waals surface area contributed by atoms with Gasteiger partial charge in [0, 0.05) is 35.9 Å². The van der Waals surface area contributed by atoms with Crippen LogP contribution in [0.5, 0.6) is 5.75 Å². The summed E-state index contributed by atoms with van der Waals surface area (Å²) in [4.78, 5) is 14.9. The molecule has 0 spiro atoms. The van der Waals surface area contributed by atoms with Gasteiger partial charge in [0.25, 0.3) is 5.91 Å². The SMILES string of the molecule is COc1ccc(C(=O)N2c3ccc(Br)cc3C[C@H]2C)cc1S(=O)(=O)N(C)C. The number of halogens is 1. The van der Waals surface area contributed by atoms with Crippen molar-refractivity contribution in [3.8, 4) is 5.75 Å². The number of rotatable bonds is 4. The van der Waals surface area contributed by atoms with Crippen LogP contribution in [-0.4, -0.2) is 45.9 Å². The summed E-state index contributed by atoms with van der Waals surface area (Å²) in [6, 6.07) is 10.3. The highest BCUT2D eigenvalue weighted by Gasteiger charge is 2.33. The van der Waals surface area contributed by atoms with Crippen molar-refractivity contribution in [2.75, 3.05) is 26.1 Å². The highest BCUT2D eigenvalue weighted by atomic mass is 79.9. The second-order valence-electron chi connectivity index (χ2n) is 6.65. The fraction of sp³-hybridized carbons (Fsp3) is 0.316. The lowest BCUT2D eigenvalue weighted by Gasteiger charge is -2.23. The summed E-state index contributed by atoms with van der Waals surface area (Å²) in [6.07, 6.45) is 0.750. The molecule has 0 aromatic heterocycles. The molecule has 6 nitrogen and oxygen atoms in total. The van der Waals surface area contributed by atoms with E-state index < -0.39 is 10.0 Å². The summed E-state index contributed by atoms with van der Waals surface area (Å²) in [6.45, 7) is 1.98. The number of anilines is 1. The number of hydrogen-bond donors (Lipinski definition) is 0. The number of amides is 1. The molecule has 1 aliphatic heterocycles. The molecule has 3 rings (SSSR count). The minimum absolute atomic E-state index is 0.0159. The largest absolute Gasteiger partial charge is 0.495 e. The molecule has 8 heteroatoms. The summed E-state index contributed by atoms with van der Waals surface area (Å²) >= 11 is 3.46. The van der Waals surface area contributed by atoms with E-state index in [1.54, 1.807) is 11.0 Å². The van der Waals surface area contributed by atoms with Gasteiger partial charge < -0.3 is 9.64 Å². The number of hydrogen-bond acceptors (Lipinski definition) is 4. The van der Waals surface area contributed by atoms with Gasteiger partial charge in [-0.2, -0.15) is 0 Å². The van der Waals surface area contributed by atoms with Gasteiger partial charge in [0.1, 0.15) is 10.6 Å². The smallest absolute Gasteiger partial charge is 0.258 e. The number of nitrogens with zero attached hydrogens (tertiary/aromatic N) is 2. The van der Waals surface area contributed by atoms with Crippen molar-refractivity contribution in [1.82, 2.24) is 4.31 Å². The molecule has 0 aliphatic carbocycles. The second kappa shape index (κ2) is 7.26. The lowest BCUT2D eigenvalue weighted by atomic mass is 10.1.